The minimum absolute atomic E-state index is 0.481. The summed E-state index contributed by atoms with van der Waals surface area (Å²) in [5, 5.41) is 14.5. The second-order valence-corrected chi connectivity index (χ2v) is 6.37. The van der Waals surface area contributed by atoms with E-state index in [1.165, 1.54) is 0 Å². The molecule has 1 saturated heterocycles. The molecule has 2 N–H and O–H groups in total. The lowest BCUT2D eigenvalue weighted by Gasteiger charge is -2.33. The minimum atomic E-state index is -1.20. The van der Waals surface area contributed by atoms with Crippen molar-refractivity contribution in [1.82, 2.24) is 10.2 Å². The maximum absolute atomic E-state index is 11.2. The van der Waals surface area contributed by atoms with Gasteiger partial charge in [0.1, 0.15) is 5.75 Å². The van der Waals surface area contributed by atoms with Crippen molar-refractivity contribution in [2.45, 2.75) is 18.6 Å². The van der Waals surface area contributed by atoms with E-state index in [0.29, 0.717) is 18.6 Å². The van der Waals surface area contributed by atoms with Crippen molar-refractivity contribution in [2.75, 3.05) is 32.7 Å². The highest BCUT2D eigenvalue weighted by molar-refractivity contribution is 5.23. The van der Waals surface area contributed by atoms with Gasteiger partial charge >= 0.3 is 0 Å². The van der Waals surface area contributed by atoms with E-state index in [9.17, 15) is 5.11 Å². The third kappa shape index (κ3) is 5.06. The molecular formula is C20H26N2O2. The van der Waals surface area contributed by atoms with Crippen LogP contribution in [0.15, 0.2) is 60.7 Å². The van der Waals surface area contributed by atoms with Gasteiger partial charge in [-0.15, -0.1) is 0 Å². The Morgan fingerprint density at radius 3 is 2.25 bits per heavy atom. The number of hydrogen-bond donors (Lipinski definition) is 2. The van der Waals surface area contributed by atoms with Gasteiger partial charge in [-0.1, -0.05) is 48.5 Å². The minimum Gasteiger partial charge on any atom is -0.462 e. The molecule has 0 radical (unpaired) electrons. The van der Waals surface area contributed by atoms with E-state index >= 15 is 0 Å². The van der Waals surface area contributed by atoms with Crippen LogP contribution in [0, 0.1) is 0 Å². The first kappa shape index (κ1) is 17.0. The maximum atomic E-state index is 11.2. The van der Waals surface area contributed by atoms with Crippen molar-refractivity contribution in [3.05, 3.63) is 66.2 Å². The Hall–Kier alpha value is -1.88. The number of aliphatic hydroxyl groups is 1. The van der Waals surface area contributed by atoms with Crippen molar-refractivity contribution < 1.29 is 9.84 Å². The van der Waals surface area contributed by atoms with Crippen LogP contribution in [0.1, 0.15) is 12.0 Å². The van der Waals surface area contributed by atoms with Crippen LogP contribution in [0.3, 0.4) is 0 Å². The third-order valence-electron chi connectivity index (χ3n) is 4.40. The summed E-state index contributed by atoms with van der Waals surface area (Å²) in [6, 6.07) is 19.6. The summed E-state index contributed by atoms with van der Waals surface area (Å²) in [6.45, 7) is 4.89. The standard InChI is InChI=1S/C20H26N2O2/c23-20(17-18-7-3-1-4-8-18,24-19-9-5-2-6-10-19)11-14-22-15-12-21-13-16-22/h1-10,21,23H,11-17H2. The van der Waals surface area contributed by atoms with Gasteiger partial charge in [-0.2, -0.15) is 0 Å². The predicted octanol–water partition coefficient (Wildman–Crippen LogP) is 2.29. The zero-order valence-electron chi connectivity index (χ0n) is 14.0. The summed E-state index contributed by atoms with van der Waals surface area (Å²) in [6.07, 6.45) is 1.06. The summed E-state index contributed by atoms with van der Waals surface area (Å²) in [5.74, 6) is -0.496. The molecule has 2 aromatic carbocycles. The van der Waals surface area contributed by atoms with Crippen LogP contribution in [-0.4, -0.2) is 48.5 Å². The van der Waals surface area contributed by atoms with Crippen molar-refractivity contribution >= 4 is 0 Å². The average Bonchev–Trinajstić information content (AvgIpc) is 2.63. The highest BCUT2D eigenvalue weighted by atomic mass is 16.6. The Morgan fingerprint density at radius 2 is 1.58 bits per heavy atom. The monoisotopic (exact) mass is 326 g/mol. The normalized spacial score (nSPS) is 18.0. The highest BCUT2D eigenvalue weighted by Gasteiger charge is 2.30. The van der Waals surface area contributed by atoms with E-state index < -0.39 is 5.79 Å². The van der Waals surface area contributed by atoms with E-state index in [1.807, 2.05) is 60.7 Å². The first-order valence-corrected chi connectivity index (χ1v) is 8.67. The van der Waals surface area contributed by atoms with Gasteiger partial charge in [0.25, 0.3) is 0 Å². The first-order chi connectivity index (χ1) is 11.7. The van der Waals surface area contributed by atoms with E-state index in [1.54, 1.807) is 0 Å². The molecule has 4 heteroatoms. The van der Waals surface area contributed by atoms with Crippen LogP contribution in [0.25, 0.3) is 0 Å². The van der Waals surface area contributed by atoms with Crippen LogP contribution in [0.4, 0.5) is 0 Å². The SMILES string of the molecule is OC(CCN1CCNCC1)(Cc1ccccc1)Oc1ccccc1. The molecule has 24 heavy (non-hydrogen) atoms. The number of para-hydroxylation sites is 1. The van der Waals surface area contributed by atoms with E-state index in [0.717, 1.165) is 38.3 Å². The number of benzene rings is 2. The molecule has 0 aromatic heterocycles. The molecule has 3 rings (SSSR count). The zero-order valence-corrected chi connectivity index (χ0v) is 14.0. The Kier molecular flexibility index (Phi) is 5.86. The smallest absolute Gasteiger partial charge is 0.213 e. The summed E-state index contributed by atoms with van der Waals surface area (Å²) in [7, 11) is 0. The van der Waals surface area contributed by atoms with E-state index in [2.05, 4.69) is 10.2 Å². The Morgan fingerprint density at radius 1 is 0.958 bits per heavy atom. The summed E-state index contributed by atoms with van der Waals surface area (Å²) in [4.78, 5) is 2.38. The molecule has 4 nitrogen and oxygen atoms in total. The highest BCUT2D eigenvalue weighted by Crippen LogP contribution is 2.24. The average molecular weight is 326 g/mol. The molecule has 0 bridgehead atoms. The topological polar surface area (TPSA) is 44.7 Å². The van der Waals surface area contributed by atoms with Gasteiger partial charge in [0, 0.05) is 45.6 Å². The number of nitrogens with one attached hydrogen (secondary N) is 1. The van der Waals surface area contributed by atoms with Crippen LogP contribution in [-0.2, 0) is 6.42 Å². The molecule has 2 aromatic rings. The number of rotatable bonds is 7. The number of ether oxygens (including phenoxy) is 1. The number of hydrogen-bond acceptors (Lipinski definition) is 4. The van der Waals surface area contributed by atoms with Crippen molar-refractivity contribution in [1.29, 1.82) is 0 Å². The van der Waals surface area contributed by atoms with Gasteiger partial charge in [-0.3, -0.25) is 0 Å². The fourth-order valence-corrected chi connectivity index (χ4v) is 3.07. The second kappa shape index (κ2) is 8.29. The molecule has 0 saturated carbocycles. The van der Waals surface area contributed by atoms with Gasteiger partial charge < -0.3 is 20.1 Å². The number of piperazine rings is 1. The van der Waals surface area contributed by atoms with Gasteiger partial charge in [0.2, 0.25) is 5.79 Å². The quantitative estimate of drug-likeness (QED) is 0.767. The molecule has 1 unspecified atom stereocenters. The lowest BCUT2D eigenvalue weighted by Crippen LogP contribution is -2.47. The first-order valence-electron chi connectivity index (χ1n) is 8.67. The van der Waals surface area contributed by atoms with Crippen molar-refractivity contribution in [3.63, 3.8) is 0 Å². The molecule has 1 atom stereocenters. The fourth-order valence-electron chi connectivity index (χ4n) is 3.07. The van der Waals surface area contributed by atoms with E-state index in [-0.39, 0.29) is 0 Å². The molecule has 1 aliphatic rings. The molecule has 1 heterocycles. The Balaban J connectivity index is 1.69. The van der Waals surface area contributed by atoms with E-state index in [4.69, 9.17) is 4.74 Å². The molecular weight excluding hydrogens is 300 g/mol. The lowest BCUT2D eigenvalue weighted by molar-refractivity contribution is -0.145. The van der Waals surface area contributed by atoms with Gasteiger partial charge in [0.15, 0.2) is 0 Å². The molecule has 0 aliphatic carbocycles. The summed E-state index contributed by atoms with van der Waals surface area (Å²) >= 11 is 0. The Labute approximate surface area is 144 Å². The third-order valence-corrected chi connectivity index (χ3v) is 4.40. The van der Waals surface area contributed by atoms with Gasteiger partial charge in [-0.05, 0) is 17.7 Å². The van der Waals surface area contributed by atoms with Crippen LogP contribution in [0.5, 0.6) is 5.75 Å². The molecule has 0 amide bonds. The summed E-state index contributed by atoms with van der Waals surface area (Å²) in [5.41, 5.74) is 1.08. The van der Waals surface area contributed by atoms with Crippen molar-refractivity contribution in [2.24, 2.45) is 0 Å². The van der Waals surface area contributed by atoms with Crippen molar-refractivity contribution in [3.8, 4) is 5.75 Å². The lowest BCUT2D eigenvalue weighted by atomic mass is 10.0. The second-order valence-electron chi connectivity index (χ2n) is 6.37. The summed E-state index contributed by atoms with van der Waals surface area (Å²) < 4.78 is 6.01. The predicted molar refractivity (Wildman–Crippen MR) is 96.1 cm³/mol. The molecule has 1 fully saturated rings. The Bertz CT molecular complexity index is 556. The van der Waals surface area contributed by atoms with Crippen LogP contribution in [0.2, 0.25) is 0 Å². The largest absolute Gasteiger partial charge is 0.462 e. The molecule has 0 spiro atoms. The number of nitrogens with zero attached hydrogens (tertiary/aromatic N) is 1. The van der Waals surface area contributed by atoms with Crippen LogP contribution < -0.4 is 10.1 Å². The maximum Gasteiger partial charge on any atom is 0.213 e. The fraction of sp³-hybridized carbons (Fsp3) is 0.400. The molecule has 1 aliphatic heterocycles. The van der Waals surface area contributed by atoms with Gasteiger partial charge in [-0.25, -0.2) is 0 Å². The van der Waals surface area contributed by atoms with Crippen LogP contribution >= 0.6 is 0 Å². The molecule has 128 valence electrons. The van der Waals surface area contributed by atoms with Gasteiger partial charge in [0.05, 0.1) is 0 Å². The zero-order chi connectivity index (χ0) is 16.7.